The lowest BCUT2D eigenvalue weighted by Crippen LogP contribution is -2.53. The lowest BCUT2D eigenvalue weighted by molar-refractivity contribution is -0.146. The Balaban J connectivity index is 1.20. The third-order valence-electron chi connectivity index (χ3n) is 7.51. The van der Waals surface area contributed by atoms with Crippen molar-refractivity contribution in [3.8, 4) is 0 Å². The van der Waals surface area contributed by atoms with Crippen molar-refractivity contribution in [1.82, 2.24) is 10.2 Å². The Morgan fingerprint density at radius 2 is 1.56 bits per heavy atom. The van der Waals surface area contributed by atoms with Gasteiger partial charge in [0.2, 0.25) is 11.8 Å². The van der Waals surface area contributed by atoms with E-state index >= 15 is 0 Å². The van der Waals surface area contributed by atoms with Gasteiger partial charge in [0.05, 0.1) is 0 Å². The number of nitrogens with one attached hydrogen (secondary N) is 1. The molecule has 5 rings (SSSR count). The Labute approximate surface area is 152 Å². The molecule has 1 N–H and O–H groups in total. The van der Waals surface area contributed by atoms with Crippen LogP contribution in [0.15, 0.2) is 0 Å². The van der Waals surface area contributed by atoms with Crippen LogP contribution in [-0.4, -0.2) is 36.3 Å². The summed E-state index contributed by atoms with van der Waals surface area (Å²) in [6.07, 6.45) is 11.1. The molecule has 140 valence electrons. The van der Waals surface area contributed by atoms with Gasteiger partial charge >= 0.3 is 0 Å². The molecule has 5 fully saturated rings. The van der Waals surface area contributed by atoms with Crippen LogP contribution < -0.4 is 5.32 Å². The fraction of sp³-hybridized carbons (Fsp3) is 0.905. The zero-order chi connectivity index (χ0) is 17.4. The van der Waals surface area contributed by atoms with Crippen molar-refractivity contribution in [2.45, 2.75) is 71.1 Å². The van der Waals surface area contributed by atoms with Crippen molar-refractivity contribution in [1.29, 1.82) is 0 Å². The minimum absolute atomic E-state index is 0.0538. The summed E-state index contributed by atoms with van der Waals surface area (Å²) in [5, 5.41) is 3.20. The van der Waals surface area contributed by atoms with Crippen molar-refractivity contribution in [2.24, 2.45) is 29.1 Å². The van der Waals surface area contributed by atoms with E-state index in [1.54, 1.807) is 0 Å². The van der Waals surface area contributed by atoms with Crippen LogP contribution in [-0.2, 0) is 9.59 Å². The van der Waals surface area contributed by atoms with Gasteiger partial charge in [-0.1, -0.05) is 6.92 Å². The first-order chi connectivity index (χ1) is 12.0. The van der Waals surface area contributed by atoms with Gasteiger partial charge in [-0.15, -0.1) is 0 Å². The average Bonchev–Trinajstić information content (AvgIpc) is 2.57. The van der Waals surface area contributed by atoms with Crippen LogP contribution in [0.3, 0.4) is 0 Å². The average molecular weight is 347 g/mol. The molecular formula is C21H34N2O2. The minimum atomic E-state index is -0.0538. The molecule has 2 amide bonds. The second-order valence-corrected chi connectivity index (χ2v) is 9.62. The maximum absolute atomic E-state index is 12.9. The molecule has 0 spiro atoms. The predicted molar refractivity (Wildman–Crippen MR) is 97.8 cm³/mol. The maximum Gasteiger partial charge on any atom is 0.226 e. The van der Waals surface area contributed by atoms with Crippen molar-refractivity contribution in [3.63, 3.8) is 0 Å². The second-order valence-electron chi connectivity index (χ2n) is 9.62. The summed E-state index contributed by atoms with van der Waals surface area (Å²) in [5.41, 5.74) is -0.0538. The molecule has 0 aromatic heterocycles. The summed E-state index contributed by atoms with van der Waals surface area (Å²) in [5.74, 6) is 3.74. The van der Waals surface area contributed by atoms with Gasteiger partial charge in [-0.05, 0) is 81.5 Å². The number of piperidine rings is 1. The molecule has 1 aliphatic heterocycles. The van der Waals surface area contributed by atoms with Crippen molar-refractivity contribution < 1.29 is 9.59 Å². The molecule has 25 heavy (non-hydrogen) atoms. The summed E-state index contributed by atoms with van der Waals surface area (Å²) in [7, 11) is 0. The van der Waals surface area contributed by atoms with E-state index in [1.807, 2.05) is 4.90 Å². The highest BCUT2D eigenvalue weighted by Crippen LogP contribution is 2.60. The predicted octanol–water partition coefficient (Wildman–Crippen LogP) is 3.36. The molecule has 4 nitrogen and oxygen atoms in total. The molecule has 0 aromatic rings. The number of carbonyl (C=O) groups excluding carboxylic acids is 2. The lowest BCUT2D eigenvalue weighted by atomic mass is 9.49. The van der Waals surface area contributed by atoms with Crippen molar-refractivity contribution in [3.05, 3.63) is 0 Å². The van der Waals surface area contributed by atoms with Gasteiger partial charge in [-0.3, -0.25) is 9.59 Å². The summed E-state index contributed by atoms with van der Waals surface area (Å²) in [6.45, 7) is 4.76. The molecule has 0 unspecified atom stereocenters. The molecular weight excluding hydrogens is 312 g/mol. The van der Waals surface area contributed by atoms with Gasteiger partial charge in [0.25, 0.3) is 0 Å². The number of hydrogen-bond donors (Lipinski definition) is 1. The second kappa shape index (κ2) is 6.92. The fourth-order valence-electron chi connectivity index (χ4n) is 6.43. The number of rotatable bonds is 5. The summed E-state index contributed by atoms with van der Waals surface area (Å²) < 4.78 is 0. The van der Waals surface area contributed by atoms with Crippen LogP contribution in [0.4, 0.5) is 0 Å². The largest absolute Gasteiger partial charge is 0.356 e. The SMILES string of the molecule is CC1CCN(C(=O)CCCNC(=O)C23CC4CC(CC(C4)C2)C3)CC1. The number of carbonyl (C=O) groups is 2. The zero-order valence-corrected chi connectivity index (χ0v) is 15.8. The monoisotopic (exact) mass is 346 g/mol. The van der Waals surface area contributed by atoms with Crippen LogP contribution in [0.5, 0.6) is 0 Å². The van der Waals surface area contributed by atoms with Gasteiger partial charge in [0.15, 0.2) is 0 Å². The number of likely N-dealkylation sites (tertiary alicyclic amines) is 1. The van der Waals surface area contributed by atoms with E-state index in [4.69, 9.17) is 0 Å². The molecule has 4 saturated carbocycles. The smallest absolute Gasteiger partial charge is 0.226 e. The third-order valence-corrected chi connectivity index (χ3v) is 7.51. The van der Waals surface area contributed by atoms with Crippen LogP contribution in [0.2, 0.25) is 0 Å². The molecule has 0 radical (unpaired) electrons. The molecule has 1 saturated heterocycles. The standard InChI is InChI=1S/C21H34N2O2/c1-15-4-7-23(8-5-15)19(24)3-2-6-22-20(25)21-12-16-9-17(13-21)11-18(10-16)14-21/h15-18H,2-14H2,1H3,(H,22,25). The van der Waals surface area contributed by atoms with Gasteiger partial charge < -0.3 is 10.2 Å². The Hall–Kier alpha value is -1.06. The first kappa shape index (κ1) is 17.4. The molecule has 4 heteroatoms. The van der Waals surface area contributed by atoms with Crippen molar-refractivity contribution >= 4 is 11.8 Å². The fourth-order valence-corrected chi connectivity index (χ4v) is 6.43. The third kappa shape index (κ3) is 3.59. The van der Waals surface area contributed by atoms with E-state index in [2.05, 4.69) is 12.2 Å². The molecule has 5 aliphatic rings. The highest BCUT2D eigenvalue weighted by Gasteiger charge is 2.54. The van der Waals surface area contributed by atoms with E-state index in [0.29, 0.717) is 18.9 Å². The molecule has 4 aliphatic carbocycles. The van der Waals surface area contributed by atoms with E-state index in [-0.39, 0.29) is 11.3 Å². The topological polar surface area (TPSA) is 49.4 Å². The van der Waals surface area contributed by atoms with Crippen LogP contribution in [0, 0.1) is 29.1 Å². The maximum atomic E-state index is 12.9. The Bertz CT molecular complexity index is 487. The zero-order valence-electron chi connectivity index (χ0n) is 15.8. The van der Waals surface area contributed by atoms with Crippen LogP contribution in [0.1, 0.15) is 71.1 Å². The van der Waals surface area contributed by atoms with Gasteiger partial charge in [0.1, 0.15) is 0 Å². The van der Waals surface area contributed by atoms with E-state index in [1.165, 1.54) is 19.3 Å². The van der Waals surface area contributed by atoms with Crippen LogP contribution in [0.25, 0.3) is 0 Å². The molecule has 1 heterocycles. The number of nitrogens with zero attached hydrogens (tertiary/aromatic N) is 1. The van der Waals surface area contributed by atoms with Gasteiger partial charge in [0, 0.05) is 31.5 Å². The molecule has 0 aromatic carbocycles. The number of hydrogen-bond acceptors (Lipinski definition) is 2. The Morgan fingerprint density at radius 3 is 2.12 bits per heavy atom. The Morgan fingerprint density at radius 1 is 1.00 bits per heavy atom. The highest BCUT2D eigenvalue weighted by atomic mass is 16.2. The summed E-state index contributed by atoms with van der Waals surface area (Å²) in [4.78, 5) is 27.2. The minimum Gasteiger partial charge on any atom is -0.356 e. The number of amides is 2. The van der Waals surface area contributed by atoms with Crippen molar-refractivity contribution in [2.75, 3.05) is 19.6 Å². The quantitative estimate of drug-likeness (QED) is 0.776. The first-order valence-corrected chi connectivity index (χ1v) is 10.6. The van der Waals surface area contributed by atoms with E-state index < -0.39 is 0 Å². The van der Waals surface area contributed by atoms with E-state index in [9.17, 15) is 9.59 Å². The molecule has 0 atom stereocenters. The summed E-state index contributed by atoms with van der Waals surface area (Å²) >= 11 is 0. The summed E-state index contributed by atoms with van der Waals surface area (Å²) in [6, 6.07) is 0. The lowest BCUT2D eigenvalue weighted by Gasteiger charge is -2.55. The van der Waals surface area contributed by atoms with Gasteiger partial charge in [-0.25, -0.2) is 0 Å². The first-order valence-electron chi connectivity index (χ1n) is 10.6. The highest BCUT2D eigenvalue weighted by molar-refractivity contribution is 5.83. The normalized spacial score (nSPS) is 37.3. The van der Waals surface area contributed by atoms with Crippen LogP contribution >= 0.6 is 0 Å². The Kier molecular flexibility index (Phi) is 4.81. The van der Waals surface area contributed by atoms with Gasteiger partial charge in [-0.2, -0.15) is 0 Å². The van der Waals surface area contributed by atoms with E-state index in [0.717, 1.165) is 75.3 Å². The molecule has 4 bridgehead atoms.